The van der Waals surface area contributed by atoms with Crippen molar-refractivity contribution in [3.8, 4) is 0 Å². The molecule has 0 saturated carbocycles. The van der Waals surface area contributed by atoms with E-state index in [9.17, 15) is 9.59 Å². The number of rotatable bonds is 4. The minimum Gasteiger partial charge on any atom is -0.459 e. The number of allylic oxidation sites excluding steroid dienone is 3. The number of ketones is 1. The predicted octanol–water partition coefficient (Wildman–Crippen LogP) is 4.03. The van der Waals surface area contributed by atoms with Gasteiger partial charge in [-0.05, 0) is 44.2 Å². The molecule has 6 heteroatoms. The number of carbonyl (C=O) groups is 2. The average Bonchev–Trinajstić information content (AvgIpc) is 3.19. The Balaban J connectivity index is 1.71. The number of Topliss-reactive ketones (excluding diaryl/α,β-unsaturated/α-hetero) is 1. The second-order valence-corrected chi connectivity index (χ2v) is 7.93. The Morgan fingerprint density at radius 3 is 2.86 bits per heavy atom. The van der Waals surface area contributed by atoms with Gasteiger partial charge >= 0.3 is 5.97 Å². The molecule has 0 radical (unpaired) electrons. The van der Waals surface area contributed by atoms with Gasteiger partial charge in [0.2, 0.25) is 0 Å². The summed E-state index contributed by atoms with van der Waals surface area (Å²) in [7, 11) is 0. The Labute approximate surface area is 169 Å². The number of halogens is 1. The van der Waals surface area contributed by atoms with Crippen LogP contribution < -0.4 is 5.32 Å². The molecule has 0 spiro atoms. The lowest BCUT2D eigenvalue weighted by molar-refractivity contribution is -0.142. The first-order valence-electron chi connectivity index (χ1n) is 9.83. The van der Waals surface area contributed by atoms with Gasteiger partial charge in [-0.15, -0.1) is 0 Å². The fourth-order valence-electron chi connectivity index (χ4n) is 4.30. The molecule has 3 aliphatic rings. The molecule has 2 aliphatic heterocycles. The van der Waals surface area contributed by atoms with Crippen LogP contribution in [0, 0.1) is 0 Å². The van der Waals surface area contributed by atoms with Gasteiger partial charge in [-0.1, -0.05) is 29.8 Å². The number of ether oxygens (including phenoxy) is 2. The third-order valence-electron chi connectivity index (χ3n) is 5.64. The second kappa shape index (κ2) is 8.10. The highest BCUT2D eigenvalue weighted by molar-refractivity contribution is 6.31. The van der Waals surface area contributed by atoms with Gasteiger partial charge in [-0.2, -0.15) is 0 Å². The molecule has 1 aromatic carbocycles. The fourth-order valence-corrected chi connectivity index (χ4v) is 4.54. The largest absolute Gasteiger partial charge is 0.459 e. The third kappa shape index (κ3) is 3.61. The van der Waals surface area contributed by atoms with Gasteiger partial charge in [0.15, 0.2) is 5.78 Å². The van der Waals surface area contributed by atoms with Crippen molar-refractivity contribution in [1.82, 2.24) is 5.32 Å². The quantitative estimate of drug-likeness (QED) is 0.771. The van der Waals surface area contributed by atoms with E-state index in [0.717, 1.165) is 42.6 Å². The molecule has 0 unspecified atom stereocenters. The highest BCUT2D eigenvalue weighted by Crippen LogP contribution is 2.44. The zero-order valence-electron chi connectivity index (χ0n) is 15.9. The number of carbonyl (C=O) groups excluding carboxylic acids is 2. The molecular weight excluding hydrogens is 378 g/mol. The predicted molar refractivity (Wildman–Crippen MR) is 106 cm³/mol. The third-order valence-corrected chi connectivity index (χ3v) is 5.98. The van der Waals surface area contributed by atoms with Crippen LogP contribution in [-0.4, -0.2) is 31.1 Å². The molecule has 148 valence electrons. The minimum absolute atomic E-state index is 0.0498. The van der Waals surface area contributed by atoms with Crippen LogP contribution in [0.2, 0.25) is 5.02 Å². The van der Waals surface area contributed by atoms with Crippen molar-refractivity contribution in [2.45, 2.75) is 51.0 Å². The Kier molecular flexibility index (Phi) is 5.56. The molecule has 2 atom stereocenters. The molecule has 1 fully saturated rings. The molecule has 28 heavy (non-hydrogen) atoms. The Hall–Kier alpha value is -2.11. The molecule has 1 aliphatic carbocycles. The summed E-state index contributed by atoms with van der Waals surface area (Å²) in [5, 5.41) is 3.83. The topological polar surface area (TPSA) is 64.6 Å². The van der Waals surface area contributed by atoms with Crippen molar-refractivity contribution in [3.05, 3.63) is 57.4 Å². The van der Waals surface area contributed by atoms with Crippen LogP contribution in [0.3, 0.4) is 0 Å². The first-order chi connectivity index (χ1) is 13.6. The lowest BCUT2D eigenvalue weighted by atomic mass is 9.75. The Bertz CT molecular complexity index is 867. The number of hydrogen-bond donors (Lipinski definition) is 1. The van der Waals surface area contributed by atoms with Crippen molar-refractivity contribution in [3.63, 3.8) is 0 Å². The van der Waals surface area contributed by atoms with E-state index >= 15 is 0 Å². The zero-order valence-corrected chi connectivity index (χ0v) is 16.7. The van der Waals surface area contributed by atoms with Crippen LogP contribution in [-0.2, 0) is 19.1 Å². The van der Waals surface area contributed by atoms with Gasteiger partial charge < -0.3 is 14.8 Å². The normalized spacial score (nSPS) is 24.9. The molecule has 2 heterocycles. The molecule has 4 rings (SSSR count). The first kappa shape index (κ1) is 19.2. The van der Waals surface area contributed by atoms with Gasteiger partial charge in [0.05, 0.1) is 11.7 Å². The number of dihydropyridines is 1. The number of esters is 1. The number of hydrogen-bond acceptors (Lipinski definition) is 5. The average molecular weight is 402 g/mol. The first-order valence-corrected chi connectivity index (χ1v) is 10.2. The van der Waals surface area contributed by atoms with Crippen LogP contribution in [0.1, 0.15) is 50.5 Å². The van der Waals surface area contributed by atoms with E-state index in [4.69, 9.17) is 21.1 Å². The number of benzene rings is 1. The zero-order chi connectivity index (χ0) is 19.7. The van der Waals surface area contributed by atoms with Gasteiger partial charge in [-0.3, -0.25) is 4.79 Å². The smallest absolute Gasteiger partial charge is 0.336 e. The standard InChI is InChI=1S/C22H24ClNO4/c1-13-19(22(26)28-12-14-6-5-11-27-14)20(15-7-2-3-8-16(15)23)21-17(24-13)9-4-10-18(21)25/h2-3,7-8,14,20,24H,4-6,9-12H2,1H3/t14-,20+/m0/s1. The number of nitrogens with one attached hydrogen (secondary N) is 1. The highest BCUT2D eigenvalue weighted by Gasteiger charge is 2.40. The van der Waals surface area contributed by atoms with Gasteiger partial charge in [0.1, 0.15) is 6.61 Å². The minimum atomic E-state index is -0.505. The van der Waals surface area contributed by atoms with Gasteiger partial charge in [0, 0.05) is 40.9 Å². The van der Waals surface area contributed by atoms with E-state index < -0.39 is 11.9 Å². The maximum Gasteiger partial charge on any atom is 0.336 e. The molecule has 0 aromatic heterocycles. The van der Waals surface area contributed by atoms with Gasteiger partial charge in [-0.25, -0.2) is 4.79 Å². The maximum atomic E-state index is 13.1. The van der Waals surface area contributed by atoms with E-state index in [1.54, 1.807) is 6.07 Å². The lowest BCUT2D eigenvalue weighted by Crippen LogP contribution is -2.35. The highest BCUT2D eigenvalue weighted by atomic mass is 35.5. The van der Waals surface area contributed by atoms with Crippen molar-refractivity contribution >= 4 is 23.4 Å². The maximum absolute atomic E-state index is 13.1. The summed E-state index contributed by atoms with van der Waals surface area (Å²) >= 11 is 6.49. The summed E-state index contributed by atoms with van der Waals surface area (Å²) in [6.07, 6.45) is 3.91. The molecule has 0 bridgehead atoms. The van der Waals surface area contributed by atoms with Crippen LogP contribution in [0.5, 0.6) is 0 Å². The molecule has 5 nitrogen and oxygen atoms in total. The summed E-state index contributed by atoms with van der Waals surface area (Å²) in [5.41, 5.74) is 3.48. The molecule has 1 aromatic rings. The monoisotopic (exact) mass is 401 g/mol. The van der Waals surface area contributed by atoms with Crippen molar-refractivity contribution in [2.24, 2.45) is 0 Å². The Morgan fingerprint density at radius 2 is 2.11 bits per heavy atom. The molecule has 1 saturated heterocycles. The van der Waals surface area contributed by atoms with E-state index in [0.29, 0.717) is 29.2 Å². The Morgan fingerprint density at radius 1 is 1.29 bits per heavy atom. The lowest BCUT2D eigenvalue weighted by Gasteiger charge is -2.34. The van der Waals surface area contributed by atoms with Crippen LogP contribution in [0.15, 0.2) is 46.8 Å². The van der Waals surface area contributed by atoms with E-state index in [2.05, 4.69) is 5.32 Å². The second-order valence-electron chi connectivity index (χ2n) is 7.52. The SMILES string of the molecule is CC1=C(C(=O)OC[C@@H]2CCCO2)[C@@H](c2ccccc2Cl)C2=C(CCCC2=O)N1. The van der Waals surface area contributed by atoms with Crippen molar-refractivity contribution in [2.75, 3.05) is 13.2 Å². The van der Waals surface area contributed by atoms with Crippen molar-refractivity contribution < 1.29 is 19.1 Å². The fraction of sp³-hybridized carbons (Fsp3) is 0.455. The van der Waals surface area contributed by atoms with Crippen molar-refractivity contribution in [1.29, 1.82) is 0 Å². The summed E-state index contributed by atoms with van der Waals surface area (Å²) < 4.78 is 11.2. The molecule has 0 amide bonds. The summed E-state index contributed by atoms with van der Waals surface area (Å²) in [6, 6.07) is 7.39. The summed E-state index contributed by atoms with van der Waals surface area (Å²) in [5.74, 6) is -0.860. The molecule has 1 N–H and O–H groups in total. The van der Waals surface area contributed by atoms with E-state index in [-0.39, 0.29) is 18.5 Å². The van der Waals surface area contributed by atoms with E-state index in [1.165, 1.54) is 0 Å². The summed E-state index contributed by atoms with van der Waals surface area (Å²) in [6.45, 7) is 2.79. The van der Waals surface area contributed by atoms with Crippen LogP contribution >= 0.6 is 11.6 Å². The molecular formula is C22H24ClNO4. The van der Waals surface area contributed by atoms with Crippen LogP contribution in [0.4, 0.5) is 0 Å². The summed E-state index contributed by atoms with van der Waals surface area (Å²) in [4.78, 5) is 25.9. The van der Waals surface area contributed by atoms with Crippen LogP contribution in [0.25, 0.3) is 0 Å². The van der Waals surface area contributed by atoms with Gasteiger partial charge in [0.25, 0.3) is 0 Å². The van der Waals surface area contributed by atoms with E-state index in [1.807, 2.05) is 25.1 Å².